The van der Waals surface area contributed by atoms with Gasteiger partial charge in [-0.2, -0.15) is 0 Å². The zero-order valence-electron chi connectivity index (χ0n) is 5.53. The topological polar surface area (TPSA) is 3.24 Å². The molecule has 62 valence electrons. The molecule has 0 aromatic rings. The van der Waals surface area contributed by atoms with Gasteiger partial charge in [-0.15, -0.1) is 0 Å². The summed E-state index contributed by atoms with van der Waals surface area (Å²) in [4.78, 5) is 0. The van der Waals surface area contributed by atoms with E-state index in [4.69, 9.17) is 0 Å². The van der Waals surface area contributed by atoms with Crippen molar-refractivity contribution in [2.75, 3.05) is 6.54 Å². The molecular formula is C3H9Br4NSi2. The maximum Gasteiger partial charge on any atom is 0.252 e. The normalized spacial score (nSPS) is 12.0. The van der Waals surface area contributed by atoms with Gasteiger partial charge in [-0.1, -0.05) is 68.1 Å². The second kappa shape index (κ2) is 6.79. The minimum absolute atomic E-state index is 0.935. The van der Waals surface area contributed by atoms with Crippen LogP contribution in [-0.2, 0) is 0 Å². The summed E-state index contributed by atoms with van der Waals surface area (Å²) in [6.45, 7) is 3.36. The highest BCUT2D eigenvalue weighted by atomic mass is 79.9. The molecule has 0 aliphatic heterocycles. The molecule has 0 bridgehead atoms. The van der Waals surface area contributed by atoms with Crippen LogP contribution in [0.2, 0.25) is 0 Å². The second-order valence-corrected chi connectivity index (χ2v) is 22.6. The van der Waals surface area contributed by atoms with E-state index in [1.54, 1.807) is 0 Å². The van der Waals surface area contributed by atoms with Crippen LogP contribution in [0.5, 0.6) is 0 Å². The Morgan fingerprint density at radius 1 is 1.10 bits per heavy atom. The Kier molecular flexibility index (Phi) is 8.36. The second-order valence-electron chi connectivity index (χ2n) is 1.79. The van der Waals surface area contributed by atoms with Crippen molar-refractivity contribution in [3.63, 3.8) is 0 Å². The van der Waals surface area contributed by atoms with Crippen LogP contribution in [0.1, 0.15) is 13.3 Å². The quantitative estimate of drug-likeness (QED) is 0.486. The van der Waals surface area contributed by atoms with Crippen LogP contribution in [0.25, 0.3) is 0 Å². The fraction of sp³-hybridized carbons (Fsp3) is 1.00. The van der Waals surface area contributed by atoms with Gasteiger partial charge < -0.3 is 4.23 Å². The van der Waals surface area contributed by atoms with Crippen LogP contribution in [0.4, 0.5) is 0 Å². The van der Waals surface area contributed by atoms with Crippen LogP contribution in [0.3, 0.4) is 0 Å². The molecule has 0 radical (unpaired) electrons. The van der Waals surface area contributed by atoms with Gasteiger partial charge in [0.1, 0.15) is 0 Å². The van der Waals surface area contributed by atoms with Crippen molar-refractivity contribution in [2.24, 2.45) is 0 Å². The predicted octanol–water partition coefficient (Wildman–Crippen LogP) is 2.71. The third-order valence-corrected chi connectivity index (χ3v) is 15.8. The van der Waals surface area contributed by atoms with E-state index in [-0.39, 0.29) is 0 Å². The lowest BCUT2D eigenvalue weighted by molar-refractivity contribution is 0.666. The first-order valence-electron chi connectivity index (χ1n) is 2.91. The molecule has 0 aliphatic carbocycles. The van der Waals surface area contributed by atoms with Gasteiger partial charge in [-0.25, -0.2) is 0 Å². The van der Waals surface area contributed by atoms with E-state index in [9.17, 15) is 0 Å². The number of hydrogen-bond acceptors (Lipinski definition) is 1. The molecular weight excluding hydrogens is 426 g/mol. The molecule has 0 rings (SSSR count). The Balaban J connectivity index is 3.73. The van der Waals surface area contributed by atoms with Gasteiger partial charge in [0.15, 0.2) is 0 Å². The number of nitrogens with zero attached hydrogens (tertiary/aromatic N) is 1. The number of rotatable bonds is 4. The minimum atomic E-state index is -0.935. The van der Waals surface area contributed by atoms with Crippen molar-refractivity contribution >= 4 is 73.6 Å². The first-order chi connectivity index (χ1) is 4.59. The average molecular weight is 435 g/mol. The zero-order chi connectivity index (χ0) is 8.15. The van der Waals surface area contributed by atoms with Crippen LogP contribution in [0.15, 0.2) is 0 Å². The van der Waals surface area contributed by atoms with Gasteiger partial charge in [0.05, 0.1) is 0 Å². The van der Waals surface area contributed by atoms with Crippen molar-refractivity contribution in [1.82, 2.24) is 4.23 Å². The van der Waals surface area contributed by atoms with Gasteiger partial charge in [0, 0.05) is 0 Å². The van der Waals surface area contributed by atoms with E-state index in [1.165, 1.54) is 13.0 Å². The summed E-state index contributed by atoms with van der Waals surface area (Å²) in [5.74, 6) is 0. The van der Waals surface area contributed by atoms with E-state index in [0.717, 1.165) is 0 Å². The fourth-order valence-corrected chi connectivity index (χ4v) is 24.5. The molecule has 10 heavy (non-hydrogen) atoms. The third-order valence-electron chi connectivity index (χ3n) is 0.983. The molecule has 0 aliphatic rings. The van der Waals surface area contributed by atoms with Crippen LogP contribution in [-0.4, -0.2) is 23.2 Å². The summed E-state index contributed by atoms with van der Waals surface area (Å²) < 4.78 is 2.46. The van der Waals surface area contributed by atoms with Crippen molar-refractivity contribution < 1.29 is 0 Å². The Bertz CT molecular complexity index is 82.6. The zero-order valence-corrected chi connectivity index (χ0v) is 14.2. The van der Waals surface area contributed by atoms with Gasteiger partial charge >= 0.3 is 0 Å². The lowest BCUT2D eigenvalue weighted by Gasteiger charge is -2.23. The molecule has 0 heterocycles. The maximum atomic E-state index is 3.60. The van der Waals surface area contributed by atoms with Crippen LogP contribution >= 0.6 is 61.2 Å². The number of halogens is 4. The average Bonchev–Trinajstić information content (AvgIpc) is 1.81. The Hall–Kier alpha value is 2.31. The Morgan fingerprint density at radius 3 is 1.60 bits per heavy atom. The van der Waals surface area contributed by atoms with Gasteiger partial charge in [0.25, 0.3) is 12.4 Å². The van der Waals surface area contributed by atoms with Crippen molar-refractivity contribution in [3.05, 3.63) is 0 Å². The van der Waals surface area contributed by atoms with E-state index in [2.05, 4.69) is 72.3 Å². The molecule has 0 N–H and O–H groups in total. The molecule has 1 nitrogen and oxygen atoms in total. The standard InChI is InChI=1S/C3H9Br4NSi2/c1-2-3-8(9(4)5)10(6)7/h9-10H,2-3H2,1H3. The van der Waals surface area contributed by atoms with Gasteiger partial charge in [0.2, 0.25) is 0 Å². The molecule has 0 aromatic heterocycles. The Morgan fingerprint density at radius 2 is 1.50 bits per heavy atom. The summed E-state index contributed by atoms with van der Waals surface area (Å²) in [6, 6.07) is 0. The highest BCUT2D eigenvalue weighted by molar-refractivity contribution is 9.51. The highest BCUT2D eigenvalue weighted by Gasteiger charge is 2.19. The number of hydrogen-bond donors (Lipinski definition) is 0. The lowest BCUT2D eigenvalue weighted by atomic mass is 10.5. The summed E-state index contributed by atoms with van der Waals surface area (Å²) in [5.41, 5.74) is 0. The molecule has 0 fully saturated rings. The molecule has 0 spiro atoms. The SMILES string of the molecule is CCCN([SiH](Br)Br)[SiH](Br)Br. The summed E-state index contributed by atoms with van der Waals surface area (Å²) in [5, 5.41) is 0. The first kappa shape index (κ1) is 12.3. The predicted molar refractivity (Wildman–Crippen MR) is 67.0 cm³/mol. The van der Waals surface area contributed by atoms with E-state index in [1.807, 2.05) is 0 Å². The van der Waals surface area contributed by atoms with Crippen molar-refractivity contribution in [3.8, 4) is 0 Å². The summed E-state index contributed by atoms with van der Waals surface area (Å²) in [7, 11) is 0. The van der Waals surface area contributed by atoms with E-state index >= 15 is 0 Å². The van der Waals surface area contributed by atoms with E-state index in [0.29, 0.717) is 0 Å². The third kappa shape index (κ3) is 5.05. The minimum Gasteiger partial charge on any atom is -0.316 e. The first-order valence-corrected chi connectivity index (χ1v) is 16.7. The fourth-order valence-electron chi connectivity index (χ4n) is 0.539. The lowest BCUT2D eigenvalue weighted by Crippen LogP contribution is -2.37. The molecule has 7 heteroatoms. The molecule has 0 amide bonds. The smallest absolute Gasteiger partial charge is 0.252 e. The molecule has 0 saturated heterocycles. The van der Waals surface area contributed by atoms with Crippen LogP contribution < -0.4 is 0 Å². The summed E-state index contributed by atoms with van der Waals surface area (Å²) in [6.07, 6.45) is -0.660. The molecule has 0 atom stereocenters. The monoisotopic (exact) mass is 431 g/mol. The Labute approximate surface area is 96.6 Å². The molecule has 0 aromatic carbocycles. The summed E-state index contributed by atoms with van der Waals surface area (Å²) >= 11 is 14.4. The van der Waals surface area contributed by atoms with Crippen LogP contribution in [0, 0.1) is 0 Å². The van der Waals surface area contributed by atoms with Crippen molar-refractivity contribution in [1.29, 1.82) is 0 Å². The highest BCUT2D eigenvalue weighted by Crippen LogP contribution is 2.18. The maximum absolute atomic E-state index is 3.60. The van der Waals surface area contributed by atoms with E-state index < -0.39 is 12.4 Å². The molecule has 0 saturated carbocycles. The van der Waals surface area contributed by atoms with Gasteiger partial charge in [-0.05, 0) is 13.0 Å². The van der Waals surface area contributed by atoms with Crippen molar-refractivity contribution in [2.45, 2.75) is 13.3 Å². The van der Waals surface area contributed by atoms with Gasteiger partial charge in [-0.3, -0.25) is 0 Å². The molecule has 0 unspecified atom stereocenters. The largest absolute Gasteiger partial charge is 0.316 e.